The fourth-order valence-corrected chi connectivity index (χ4v) is 3.26. The van der Waals surface area contributed by atoms with Crippen molar-refractivity contribution in [2.24, 2.45) is 5.41 Å². The second kappa shape index (κ2) is 6.21. The molecule has 1 aliphatic rings. The summed E-state index contributed by atoms with van der Waals surface area (Å²) in [6, 6.07) is 1.51. The van der Waals surface area contributed by atoms with Crippen molar-refractivity contribution >= 4 is 23.0 Å². The molecule has 3 heterocycles. The van der Waals surface area contributed by atoms with Crippen molar-refractivity contribution in [2.45, 2.75) is 39.3 Å². The number of aryl methyl sites for hydroxylation is 1. The summed E-state index contributed by atoms with van der Waals surface area (Å²) in [6.45, 7) is 4.05. The van der Waals surface area contributed by atoms with Crippen LogP contribution in [0, 0.1) is 12.3 Å². The van der Waals surface area contributed by atoms with Gasteiger partial charge in [-0.3, -0.25) is 9.59 Å². The zero-order valence-corrected chi connectivity index (χ0v) is 14.9. The van der Waals surface area contributed by atoms with Crippen molar-refractivity contribution in [3.63, 3.8) is 0 Å². The quantitative estimate of drug-likeness (QED) is 0.872. The summed E-state index contributed by atoms with van der Waals surface area (Å²) in [5, 5.41) is 13.3. The van der Waals surface area contributed by atoms with E-state index in [-0.39, 0.29) is 23.7 Å². The predicted octanol–water partition coefficient (Wildman–Crippen LogP) is 3.13. The van der Waals surface area contributed by atoms with E-state index in [2.05, 4.69) is 10.1 Å². The van der Waals surface area contributed by atoms with Gasteiger partial charge in [0, 0.05) is 18.8 Å². The van der Waals surface area contributed by atoms with Crippen molar-refractivity contribution in [3.05, 3.63) is 23.0 Å². The van der Waals surface area contributed by atoms with Gasteiger partial charge < -0.3 is 14.5 Å². The molecule has 0 radical (unpaired) electrons. The maximum atomic E-state index is 13.4. The van der Waals surface area contributed by atoms with Crippen LogP contribution in [0.1, 0.15) is 47.9 Å². The number of carbonyl (C=O) groups excluding carboxylic acids is 1. The number of carboxylic acids is 1. The number of halogens is 3. The average Bonchev–Trinajstić information content (AvgIpc) is 3.18. The third-order valence-corrected chi connectivity index (χ3v) is 4.97. The molecule has 1 saturated heterocycles. The number of amides is 1. The topological polar surface area (TPSA) is 96.5 Å². The molecule has 1 atom stereocenters. The summed E-state index contributed by atoms with van der Waals surface area (Å²) in [5.41, 5.74) is -1.80. The monoisotopic (exact) mass is 385 g/mol. The molecule has 1 amide bonds. The standard InChI is InChI=1S/C17H18F3N3O4/c1-8(2)11-6-10(12-9(3)22-27-13(12)21-11)14(24)23-5-4-16(7-23,15(25)26)17(18,19)20/h6,8H,4-5,7H2,1-3H3,(H,25,26). The zero-order valence-electron chi connectivity index (χ0n) is 14.9. The summed E-state index contributed by atoms with van der Waals surface area (Å²) >= 11 is 0. The number of nitrogens with zero attached hydrogens (tertiary/aromatic N) is 3. The van der Waals surface area contributed by atoms with Crippen LogP contribution < -0.4 is 0 Å². The van der Waals surface area contributed by atoms with Gasteiger partial charge in [0.2, 0.25) is 0 Å². The molecule has 0 aromatic carbocycles. The number of aliphatic carboxylic acids is 1. The molecule has 0 aliphatic carbocycles. The number of carboxylic acid groups (broad SMARTS) is 1. The van der Waals surface area contributed by atoms with Crippen LogP contribution in [0.3, 0.4) is 0 Å². The van der Waals surface area contributed by atoms with Crippen molar-refractivity contribution in [1.29, 1.82) is 0 Å². The molecule has 3 rings (SSSR count). The lowest BCUT2D eigenvalue weighted by Crippen LogP contribution is -2.47. The lowest BCUT2D eigenvalue weighted by molar-refractivity contribution is -0.227. The first-order valence-electron chi connectivity index (χ1n) is 8.34. The minimum Gasteiger partial charge on any atom is -0.481 e. The van der Waals surface area contributed by atoms with Gasteiger partial charge in [-0.15, -0.1) is 0 Å². The van der Waals surface area contributed by atoms with Crippen LogP contribution in [0.2, 0.25) is 0 Å². The van der Waals surface area contributed by atoms with E-state index in [0.717, 1.165) is 4.90 Å². The molecule has 1 N–H and O–H groups in total. The Hall–Kier alpha value is -2.65. The number of hydrogen-bond donors (Lipinski definition) is 1. The van der Waals surface area contributed by atoms with Gasteiger partial charge in [0.15, 0.2) is 5.41 Å². The first kappa shape index (κ1) is 19.1. The first-order valence-corrected chi connectivity index (χ1v) is 8.34. The van der Waals surface area contributed by atoms with E-state index in [4.69, 9.17) is 4.52 Å². The summed E-state index contributed by atoms with van der Waals surface area (Å²) in [6.07, 6.45) is -5.65. The minimum atomic E-state index is -4.96. The molecule has 7 nitrogen and oxygen atoms in total. The number of pyridine rings is 1. The number of fused-ring (bicyclic) bond motifs is 1. The highest BCUT2D eigenvalue weighted by molar-refractivity contribution is 6.06. The molecule has 1 unspecified atom stereocenters. The van der Waals surface area contributed by atoms with Gasteiger partial charge >= 0.3 is 12.1 Å². The van der Waals surface area contributed by atoms with Crippen molar-refractivity contribution in [1.82, 2.24) is 15.0 Å². The molecule has 0 bridgehead atoms. The van der Waals surface area contributed by atoms with Crippen LogP contribution in [-0.4, -0.2) is 51.3 Å². The number of hydrogen-bond acceptors (Lipinski definition) is 5. The van der Waals surface area contributed by atoms with E-state index < -0.39 is 36.4 Å². The molecule has 2 aromatic heterocycles. The van der Waals surface area contributed by atoms with E-state index in [1.165, 1.54) is 6.07 Å². The Morgan fingerprint density at radius 3 is 2.56 bits per heavy atom. The van der Waals surface area contributed by atoms with Gasteiger partial charge in [-0.05, 0) is 25.3 Å². The van der Waals surface area contributed by atoms with E-state index in [0.29, 0.717) is 16.8 Å². The van der Waals surface area contributed by atoms with Crippen molar-refractivity contribution in [3.8, 4) is 0 Å². The second-order valence-corrected chi connectivity index (χ2v) is 7.06. The van der Waals surface area contributed by atoms with E-state index in [9.17, 15) is 27.9 Å². The normalized spacial score (nSPS) is 20.6. The number of likely N-dealkylation sites (tertiary alicyclic amines) is 1. The fourth-order valence-electron chi connectivity index (χ4n) is 3.26. The largest absolute Gasteiger partial charge is 0.481 e. The van der Waals surface area contributed by atoms with Gasteiger partial charge in [0.05, 0.1) is 16.6 Å². The number of carbonyl (C=O) groups is 2. The molecule has 2 aromatic rings. The van der Waals surface area contributed by atoms with Crippen molar-refractivity contribution < 1.29 is 32.4 Å². The molecular weight excluding hydrogens is 367 g/mol. The smallest absolute Gasteiger partial charge is 0.406 e. The third kappa shape index (κ3) is 2.92. The molecule has 0 saturated carbocycles. The van der Waals surface area contributed by atoms with Crippen molar-refractivity contribution in [2.75, 3.05) is 13.1 Å². The highest BCUT2D eigenvalue weighted by Gasteiger charge is 2.64. The Balaban J connectivity index is 2.05. The molecule has 146 valence electrons. The van der Waals surface area contributed by atoms with E-state index in [1.54, 1.807) is 6.92 Å². The lowest BCUT2D eigenvalue weighted by Gasteiger charge is -2.27. The van der Waals surface area contributed by atoms with Gasteiger partial charge in [0.25, 0.3) is 11.6 Å². The Kier molecular flexibility index (Phi) is 4.40. The van der Waals surface area contributed by atoms with Crippen LogP contribution in [0.5, 0.6) is 0 Å². The molecule has 1 fully saturated rings. The molecule has 1 aliphatic heterocycles. The van der Waals surface area contributed by atoms with Gasteiger partial charge in [-0.2, -0.15) is 13.2 Å². The average molecular weight is 385 g/mol. The summed E-state index contributed by atoms with van der Waals surface area (Å²) in [4.78, 5) is 29.6. The number of alkyl halides is 3. The first-order chi connectivity index (χ1) is 12.5. The van der Waals surface area contributed by atoms with Gasteiger partial charge in [0.1, 0.15) is 0 Å². The van der Waals surface area contributed by atoms with E-state index >= 15 is 0 Å². The summed E-state index contributed by atoms with van der Waals surface area (Å²) in [5.74, 6) is -2.73. The predicted molar refractivity (Wildman–Crippen MR) is 87.3 cm³/mol. The zero-order chi connectivity index (χ0) is 20.1. The molecular formula is C17H18F3N3O4. The maximum absolute atomic E-state index is 13.4. The number of aromatic nitrogens is 2. The fraction of sp³-hybridized carbons (Fsp3) is 0.529. The Morgan fingerprint density at radius 1 is 1.37 bits per heavy atom. The molecule has 27 heavy (non-hydrogen) atoms. The van der Waals surface area contributed by atoms with Crippen LogP contribution >= 0.6 is 0 Å². The highest BCUT2D eigenvalue weighted by Crippen LogP contribution is 2.46. The summed E-state index contributed by atoms with van der Waals surface area (Å²) in [7, 11) is 0. The minimum absolute atomic E-state index is 0.0572. The maximum Gasteiger partial charge on any atom is 0.406 e. The van der Waals surface area contributed by atoms with Crippen LogP contribution in [0.4, 0.5) is 13.2 Å². The Bertz CT molecular complexity index is 922. The third-order valence-electron chi connectivity index (χ3n) is 4.97. The SMILES string of the molecule is Cc1noc2nc(C(C)C)cc(C(=O)N3CCC(C(=O)O)(C(F)(F)F)C3)c12. The highest BCUT2D eigenvalue weighted by atomic mass is 19.4. The van der Waals surface area contributed by atoms with Gasteiger partial charge in [-0.25, -0.2) is 4.98 Å². The van der Waals surface area contributed by atoms with Crippen LogP contribution in [0.15, 0.2) is 10.6 Å². The number of rotatable bonds is 3. The van der Waals surface area contributed by atoms with Gasteiger partial charge in [-0.1, -0.05) is 19.0 Å². The molecule has 10 heteroatoms. The summed E-state index contributed by atoms with van der Waals surface area (Å²) < 4.78 is 45.3. The Labute approximate surface area is 152 Å². The Morgan fingerprint density at radius 2 is 2.04 bits per heavy atom. The molecule has 0 spiro atoms. The van der Waals surface area contributed by atoms with Crippen LogP contribution in [-0.2, 0) is 4.79 Å². The second-order valence-electron chi connectivity index (χ2n) is 7.06. The van der Waals surface area contributed by atoms with Crippen LogP contribution in [0.25, 0.3) is 11.1 Å². The van der Waals surface area contributed by atoms with E-state index in [1.807, 2.05) is 13.8 Å². The lowest BCUT2D eigenvalue weighted by atomic mass is 9.86.